The van der Waals surface area contributed by atoms with Gasteiger partial charge in [-0.1, -0.05) is 0 Å². The number of halogens is 1. The predicted molar refractivity (Wildman–Crippen MR) is 124 cm³/mol. The minimum Gasteiger partial charge on any atom is -0.453 e. The first kappa shape index (κ1) is 22.3. The van der Waals surface area contributed by atoms with Crippen LogP contribution >= 0.6 is 11.3 Å². The first-order valence-corrected chi connectivity index (χ1v) is 10.9. The Morgan fingerprint density at radius 1 is 1.15 bits per heavy atom. The van der Waals surface area contributed by atoms with E-state index in [-0.39, 0.29) is 17.2 Å². The molecular weight excluding hydrogens is 445 g/mol. The zero-order valence-corrected chi connectivity index (χ0v) is 19.0. The summed E-state index contributed by atoms with van der Waals surface area (Å²) < 4.78 is 21.4. The van der Waals surface area contributed by atoms with Crippen molar-refractivity contribution in [3.05, 3.63) is 76.3 Å². The zero-order valence-electron chi connectivity index (χ0n) is 18.1. The Bertz CT molecular complexity index is 1390. The number of carbonyl (C=O) groups excluding carboxylic acids is 3. The lowest BCUT2D eigenvalue weighted by Gasteiger charge is -2.09. The molecule has 33 heavy (non-hydrogen) atoms. The van der Waals surface area contributed by atoms with Crippen molar-refractivity contribution in [2.45, 2.75) is 20.8 Å². The van der Waals surface area contributed by atoms with Crippen molar-refractivity contribution >= 4 is 44.9 Å². The molecular formula is C24H20FN3O4S. The van der Waals surface area contributed by atoms with Gasteiger partial charge < -0.3 is 14.6 Å². The molecule has 0 fully saturated rings. The van der Waals surface area contributed by atoms with Crippen LogP contribution in [0.25, 0.3) is 15.9 Å². The predicted octanol–water partition coefficient (Wildman–Crippen LogP) is 4.84. The Balaban J connectivity index is 1.60. The molecule has 4 rings (SSSR count). The number of hydrogen-bond acceptors (Lipinski definition) is 6. The van der Waals surface area contributed by atoms with Crippen molar-refractivity contribution < 1.29 is 23.5 Å². The Kier molecular flexibility index (Phi) is 6.06. The SMILES string of the molecule is CC(=O)Nc1ccc(C(=O)COC(=O)c2sc3nc(C)cc(C)c3c2-n2cccc2)c(F)c1. The number of nitrogens with zero attached hydrogens (tertiary/aromatic N) is 2. The van der Waals surface area contributed by atoms with E-state index in [1.807, 2.05) is 49.0 Å². The molecule has 7 nitrogen and oxygen atoms in total. The number of esters is 1. The number of rotatable bonds is 6. The largest absolute Gasteiger partial charge is 0.453 e. The van der Waals surface area contributed by atoms with Gasteiger partial charge in [0.2, 0.25) is 11.7 Å². The van der Waals surface area contributed by atoms with E-state index in [1.54, 1.807) is 0 Å². The fraction of sp³-hybridized carbons (Fsp3) is 0.167. The van der Waals surface area contributed by atoms with Crippen LogP contribution in [0.15, 0.2) is 48.8 Å². The second kappa shape index (κ2) is 8.95. The van der Waals surface area contributed by atoms with Gasteiger partial charge in [0.05, 0.1) is 11.3 Å². The van der Waals surface area contributed by atoms with Gasteiger partial charge in [0.1, 0.15) is 15.5 Å². The van der Waals surface area contributed by atoms with Gasteiger partial charge in [0.15, 0.2) is 6.61 Å². The first-order valence-electron chi connectivity index (χ1n) is 10.1. The average molecular weight is 466 g/mol. The molecule has 0 aliphatic rings. The van der Waals surface area contributed by atoms with Crippen LogP contribution < -0.4 is 5.32 Å². The number of amides is 1. The maximum Gasteiger partial charge on any atom is 0.351 e. The molecule has 168 valence electrons. The number of hydrogen-bond donors (Lipinski definition) is 1. The highest BCUT2D eigenvalue weighted by Gasteiger charge is 2.24. The van der Waals surface area contributed by atoms with E-state index in [9.17, 15) is 18.8 Å². The number of anilines is 1. The summed E-state index contributed by atoms with van der Waals surface area (Å²) in [5.74, 6) is -2.55. The number of Topliss-reactive ketones (excluding diaryl/α,β-unsaturated/α-hetero) is 1. The number of fused-ring (bicyclic) bond motifs is 1. The topological polar surface area (TPSA) is 90.3 Å². The molecule has 0 radical (unpaired) electrons. The normalized spacial score (nSPS) is 10.9. The summed E-state index contributed by atoms with van der Waals surface area (Å²) in [6.07, 6.45) is 3.63. The van der Waals surface area contributed by atoms with Crippen LogP contribution in [0.1, 0.15) is 38.2 Å². The molecule has 3 heterocycles. The highest BCUT2D eigenvalue weighted by Crippen LogP contribution is 2.36. The smallest absolute Gasteiger partial charge is 0.351 e. The maximum absolute atomic E-state index is 14.3. The van der Waals surface area contributed by atoms with E-state index in [2.05, 4.69) is 10.3 Å². The second-order valence-corrected chi connectivity index (χ2v) is 8.50. The Hall–Kier alpha value is -3.85. The number of nitrogens with one attached hydrogen (secondary N) is 1. The van der Waals surface area contributed by atoms with Crippen LogP contribution in [-0.2, 0) is 9.53 Å². The third kappa shape index (κ3) is 4.54. The highest BCUT2D eigenvalue weighted by atomic mass is 32.1. The van der Waals surface area contributed by atoms with Gasteiger partial charge in [-0.05, 0) is 55.8 Å². The van der Waals surface area contributed by atoms with Crippen molar-refractivity contribution in [1.82, 2.24) is 9.55 Å². The summed E-state index contributed by atoms with van der Waals surface area (Å²) in [5, 5.41) is 3.27. The van der Waals surface area contributed by atoms with Crippen molar-refractivity contribution in [3.63, 3.8) is 0 Å². The third-order valence-electron chi connectivity index (χ3n) is 4.93. The second-order valence-electron chi connectivity index (χ2n) is 7.51. The molecule has 0 saturated heterocycles. The quantitative estimate of drug-likeness (QED) is 0.325. The monoisotopic (exact) mass is 465 g/mol. The number of aryl methyl sites for hydroxylation is 2. The van der Waals surface area contributed by atoms with Gasteiger partial charge in [-0.2, -0.15) is 0 Å². The van der Waals surface area contributed by atoms with Gasteiger partial charge in [-0.25, -0.2) is 14.2 Å². The standard InChI is InChI=1S/C24H20FN3O4S/c1-13-10-14(2)26-23-20(13)21(28-8-4-5-9-28)22(33-23)24(31)32-12-19(30)17-7-6-16(11-18(17)25)27-15(3)29/h4-11H,12H2,1-3H3,(H,27,29). The van der Waals surface area contributed by atoms with Crippen LogP contribution in [0.3, 0.4) is 0 Å². The van der Waals surface area contributed by atoms with Gasteiger partial charge in [0, 0.05) is 36.1 Å². The Labute approximate surface area is 192 Å². The summed E-state index contributed by atoms with van der Waals surface area (Å²) >= 11 is 1.18. The molecule has 0 saturated carbocycles. The molecule has 3 aromatic heterocycles. The summed E-state index contributed by atoms with van der Waals surface area (Å²) in [7, 11) is 0. The van der Waals surface area contributed by atoms with E-state index in [1.165, 1.54) is 30.4 Å². The number of benzene rings is 1. The number of thiophene rings is 1. The molecule has 0 unspecified atom stereocenters. The van der Waals surface area contributed by atoms with Crippen LogP contribution in [0, 0.1) is 19.7 Å². The lowest BCUT2D eigenvalue weighted by molar-refractivity contribution is -0.114. The molecule has 1 amide bonds. The molecule has 0 bridgehead atoms. The molecule has 4 aromatic rings. The van der Waals surface area contributed by atoms with Crippen molar-refractivity contribution in [3.8, 4) is 5.69 Å². The summed E-state index contributed by atoms with van der Waals surface area (Å²) in [6.45, 7) is 4.50. The van der Waals surface area contributed by atoms with E-state index in [4.69, 9.17) is 4.74 Å². The number of ketones is 1. The van der Waals surface area contributed by atoms with Gasteiger partial charge in [-0.3, -0.25) is 9.59 Å². The van der Waals surface area contributed by atoms with E-state index in [0.29, 0.717) is 15.4 Å². The molecule has 0 spiro atoms. The van der Waals surface area contributed by atoms with Crippen molar-refractivity contribution in [2.24, 2.45) is 0 Å². The molecule has 0 aliphatic carbocycles. The number of aromatic nitrogens is 2. The van der Waals surface area contributed by atoms with Crippen LogP contribution in [0.4, 0.5) is 10.1 Å². The summed E-state index contributed by atoms with van der Waals surface area (Å²) in [4.78, 5) is 42.1. The van der Waals surface area contributed by atoms with E-state index in [0.717, 1.165) is 22.7 Å². The molecule has 0 aliphatic heterocycles. The van der Waals surface area contributed by atoms with Crippen LogP contribution in [0.5, 0.6) is 0 Å². The molecule has 9 heteroatoms. The molecule has 1 N–H and O–H groups in total. The lowest BCUT2D eigenvalue weighted by atomic mass is 10.1. The minimum absolute atomic E-state index is 0.230. The van der Waals surface area contributed by atoms with E-state index >= 15 is 0 Å². The number of pyridine rings is 1. The van der Waals surface area contributed by atoms with Gasteiger partial charge in [0.25, 0.3) is 0 Å². The summed E-state index contributed by atoms with van der Waals surface area (Å²) in [5.41, 5.74) is 2.43. The van der Waals surface area contributed by atoms with Crippen LogP contribution in [0.2, 0.25) is 0 Å². The zero-order chi connectivity index (χ0) is 23.7. The van der Waals surface area contributed by atoms with Crippen molar-refractivity contribution in [2.75, 3.05) is 11.9 Å². The maximum atomic E-state index is 14.3. The van der Waals surface area contributed by atoms with Gasteiger partial charge in [-0.15, -0.1) is 11.3 Å². The minimum atomic E-state index is -0.813. The number of ether oxygens (including phenoxy) is 1. The molecule has 1 aromatic carbocycles. The van der Waals surface area contributed by atoms with Crippen LogP contribution in [-0.4, -0.2) is 33.8 Å². The third-order valence-corrected chi connectivity index (χ3v) is 5.99. The fourth-order valence-corrected chi connectivity index (χ4v) is 4.78. The summed E-state index contributed by atoms with van der Waals surface area (Å²) in [6, 6.07) is 9.32. The van der Waals surface area contributed by atoms with Crippen molar-refractivity contribution in [1.29, 1.82) is 0 Å². The fourth-order valence-electron chi connectivity index (χ4n) is 3.59. The Morgan fingerprint density at radius 2 is 1.88 bits per heavy atom. The lowest BCUT2D eigenvalue weighted by Crippen LogP contribution is -2.16. The highest BCUT2D eigenvalue weighted by molar-refractivity contribution is 7.21. The number of carbonyl (C=O) groups is 3. The Morgan fingerprint density at radius 3 is 2.55 bits per heavy atom. The van der Waals surface area contributed by atoms with E-state index < -0.39 is 24.2 Å². The molecule has 0 atom stereocenters. The average Bonchev–Trinajstić information content (AvgIpc) is 3.39. The first-order chi connectivity index (χ1) is 15.7. The van der Waals surface area contributed by atoms with Gasteiger partial charge >= 0.3 is 5.97 Å².